The van der Waals surface area contributed by atoms with Crippen molar-refractivity contribution in [3.63, 3.8) is 0 Å². The number of aliphatic hydroxyl groups is 1. The van der Waals surface area contributed by atoms with Crippen LogP contribution in [0.4, 0.5) is 0 Å². The Morgan fingerprint density at radius 3 is 2.75 bits per heavy atom. The minimum absolute atomic E-state index is 0.0431. The zero-order valence-electron chi connectivity index (χ0n) is 8.08. The van der Waals surface area contributed by atoms with Crippen molar-refractivity contribution >= 4 is 0 Å². The minimum Gasteiger partial charge on any atom is -0.392 e. The molecule has 3 nitrogen and oxygen atoms in total. The number of nitrogens with two attached hydrogens (primary N) is 1. The van der Waals surface area contributed by atoms with E-state index in [-0.39, 0.29) is 11.6 Å². The van der Waals surface area contributed by atoms with Crippen LogP contribution in [0.5, 0.6) is 0 Å². The maximum Gasteiger partial charge on any atom is 0.0667 e. The third-order valence-electron chi connectivity index (χ3n) is 2.75. The van der Waals surface area contributed by atoms with Gasteiger partial charge < -0.3 is 10.8 Å². The van der Waals surface area contributed by atoms with Gasteiger partial charge in [0, 0.05) is 18.6 Å². The average molecular weight is 172 g/mol. The van der Waals surface area contributed by atoms with Gasteiger partial charge in [0.1, 0.15) is 0 Å². The second kappa shape index (κ2) is 3.73. The Bertz CT molecular complexity index is 147. The number of β-amino-alcohol motifs (C(OH)–C–C–N with tert-alkyl or cyclic N) is 1. The maximum absolute atomic E-state index is 9.46. The predicted octanol–water partition coefficient (Wildman–Crippen LogP) is 0.180. The highest BCUT2D eigenvalue weighted by Crippen LogP contribution is 2.19. The normalized spacial score (nSPS) is 27.5. The highest BCUT2D eigenvalue weighted by molar-refractivity contribution is 4.86. The summed E-state index contributed by atoms with van der Waals surface area (Å²) in [6.07, 6.45) is 1.88. The maximum atomic E-state index is 9.46. The molecule has 1 unspecified atom stereocenters. The van der Waals surface area contributed by atoms with Crippen molar-refractivity contribution in [1.82, 2.24) is 4.90 Å². The van der Waals surface area contributed by atoms with E-state index in [2.05, 4.69) is 18.7 Å². The first kappa shape index (κ1) is 9.96. The van der Waals surface area contributed by atoms with Crippen molar-refractivity contribution in [2.24, 2.45) is 5.73 Å². The molecule has 1 fully saturated rings. The summed E-state index contributed by atoms with van der Waals surface area (Å²) in [5.41, 5.74) is 5.70. The fourth-order valence-electron chi connectivity index (χ4n) is 1.63. The van der Waals surface area contributed by atoms with E-state index < -0.39 is 0 Å². The summed E-state index contributed by atoms with van der Waals surface area (Å²) >= 11 is 0. The number of piperidine rings is 1. The summed E-state index contributed by atoms with van der Waals surface area (Å²) in [7, 11) is 0. The average Bonchev–Trinajstić information content (AvgIpc) is 2.05. The van der Waals surface area contributed by atoms with Gasteiger partial charge in [0.15, 0.2) is 0 Å². The summed E-state index contributed by atoms with van der Waals surface area (Å²) in [5, 5.41) is 9.46. The molecule has 0 aliphatic carbocycles. The first-order valence-corrected chi connectivity index (χ1v) is 4.69. The summed E-state index contributed by atoms with van der Waals surface area (Å²) in [6, 6.07) is 0. The molecule has 1 saturated heterocycles. The smallest absolute Gasteiger partial charge is 0.0667 e. The Hall–Kier alpha value is -0.120. The fourth-order valence-corrected chi connectivity index (χ4v) is 1.63. The van der Waals surface area contributed by atoms with Crippen LogP contribution < -0.4 is 5.73 Å². The molecule has 0 amide bonds. The van der Waals surface area contributed by atoms with Gasteiger partial charge in [-0.2, -0.15) is 0 Å². The molecule has 0 saturated carbocycles. The van der Waals surface area contributed by atoms with Gasteiger partial charge in [0.25, 0.3) is 0 Å². The lowest BCUT2D eigenvalue weighted by Gasteiger charge is -2.41. The number of nitrogens with zero attached hydrogens (tertiary/aromatic N) is 1. The first-order chi connectivity index (χ1) is 5.56. The molecule has 0 aromatic rings. The van der Waals surface area contributed by atoms with Gasteiger partial charge >= 0.3 is 0 Å². The first-order valence-electron chi connectivity index (χ1n) is 4.69. The molecule has 72 valence electrons. The molecule has 0 bridgehead atoms. The highest BCUT2D eigenvalue weighted by Gasteiger charge is 2.29. The molecule has 1 aliphatic heterocycles. The molecule has 1 rings (SSSR count). The van der Waals surface area contributed by atoms with Gasteiger partial charge in [-0.3, -0.25) is 4.90 Å². The Balaban J connectivity index is 2.50. The zero-order chi connectivity index (χ0) is 9.19. The van der Waals surface area contributed by atoms with E-state index in [1.807, 2.05) is 0 Å². The highest BCUT2D eigenvalue weighted by atomic mass is 16.3. The quantitative estimate of drug-likeness (QED) is 0.625. The van der Waals surface area contributed by atoms with Crippen LogP contribution in [0.3, 0.4) is 0 Å². The predicted molar refractivity (Wildman–Crippen MR) is 49.9 cm³/mol. The summed E-state index contributed by atoms with van der Waals surface area (Å²) in [5.74, 6) is 0. The van der Waals surface area contributed by atoms with E-state index in [0.717, 1.165) is 25.9 Å². The Labute approximate surface area is 74.5 Å². The third kappa shape index (κ3) is 2.19. The summed E-state index contributed by atoms with van der Waals surface area (Å²) in [6.45, 7) is 6.77. The lowest BCUT2D eigenvalue weighted by Crippen LogP contribution is -2.54. The van der Waals surface area contributed by atoms with E-state index in [4.69, 9.17) is 5.73 Å². The largest absolute Gasteiger partial charge is 0.392 e. The van der Waals surface area contributed by atoms with E-state index in [1.165, 1.54) is 0 Å². The van der Waals surface area contributed by atoms with Crippen LogP contribution in [-0.2, 0) is 0 Å². The van der Waals surface area contributed by atoms with Gasteiger partial charge in [-0.1, -0.05) is 0 Å². The van der Waals surface area contributed by atoms with Crippen LogP contribution in [0.25, 0.3) is 0 Å². The zero-order valence-corrected chi connectivity index (χ0v) is 8.08. The molecular weight excluding hydrogens is 152 g/mol. The molecule has 1 aliphatic rings. The molecule has 0 spiro atoms. The van der Waals surface area contributed by atoms with Gasteiger partial charge in [-0.15, -0.1) is 0 Å². The summed E-state index contributed by atoms with van der Waals surface area (Å²) < 4.78 is 0. The molecule has 1 heterocycles. The van der Waals surface area contributed by atoms with E-state index >= 15 is 0 Å². The van der Waals surface area contributed by atoms with E-state index in [0.29, 0.717) is 6.54 Å². The lowest BCUT2D eigenvalue weighted by atomic mass is 9.98. The SMILES string of the molecule is CC(C)(CN)N1CCCC(O)C1. The molecule has 0 aromatic heterocycles. The van der Waals surface area contributed by atoms with Gasteiger partial charge in [0.2, 0.25) is 0 Å². The Kier molecular flexibility index (Phi) is 3.09. The van der Waals surface area contributed by atoms with Crippen molar-refractivity contribution in [2.45, 2.75) is 38.3 Å². The van der Waals surface area contributed by atoms with Crippen LogP contribution in [-0.4, -0.2) is 41.3 Å². The molecule has 0 aromatic carbocycles. The monoisotopic (exact) mass is 172 g/mol. The molecule has 12 heavy (non-hydrogen) atoms. The third-order valence-corrected chi connectivity index (χ3v) is 2.75. The standard InChI is InChI=1S/C9H20N2O/c1-9(2,7-10)11-5-3-4-8(12)6-11/h8,12H,3-7,10H2,1-2H3. The fraction of sp³-hybridized carbons (Fsp3) is 1.00. The van der Waals surface area contributed by atoms with Crippen molar-refractivity contribution in [1.29, 1.82) is 0 Å². The van der Waals surface area contributed by atoms with Crippen LogP contribution in [0, 0.1) is 0 Å². The molecular formula is C9H20N2O. The number of hydrogen-bond donors (Lipinski definition) is 2. The number of hydrogen-bond acceptors (Lipinski definition) is 3. The van der Waals surface area contributed by atoms with Crippen LogP contribution in [0.2, 0.25) is 0 Å². The van der Waals surface area contributed by atoms with Crippen molar-refractivity contribution in [2.75, 3.05) is 19.6 Å². The van der Waals surface area contributed by atoms with Crippen LogP contribution >= 0.6 is 0 Å². The molecule has 3 heteroatoms. The number of rotatable bonds is 2. The Morgan fingerprint density at radius 2 is 2.25 bits per heavy atom. The Morgan fingerprint density at radius 1 is 1.58 bits per heavy atom. The number of likely N-dealkylation sites (tertiary alicyclic amines) is 1. The van der Waals surface area contributed by atoms with Crippen molar-refractivity contribution in [3.05, 3.63) is 0 Å². The van der Waals surface area contributed by atoms with Gasteiger partial charge in [0.05, 0.1) is 6.10 Å². The van der Waals surface area contributed by atoms with Gasteiger partial charge in [-0.05, 0) is 33.2 Å². The van der Waals surface area contributed by atoms with Crippen LogP contribution in [0.15, 0.2) is 0 Å². The van der Waals surface area contributed by atoms with Crippen molar-refractivity contribution < 1.29 is 5.11 Å². The lowest BCUT2D eigenvalue weighted by molar-refractivity contribution is 0.0187. The molecule has 3 N–H and O–H groups in total. The molecule has 1 atom stereocenters. The summed E-state index contributed by atoms with van der Waals surface area (Å²) in [4.78, 5) is 2.28. The second-order valence-corrected chi connectivity index (χ2v) is 4.26. The van der Waals surface area contributed by atoms with E-state index in [1.54, 1.807) is 0 Å². The van der Waals surface area contributed by atoms with Crippen LogP contribution in [0.1, 0.15) is 26.7 Å². The van der Waals surface area contributed by atoms with E-state index in [9.17, 15) is 5.11 Å². The minimum atomic E-state index is -0.149. The number of aliphatic hydroxyl groups excluding tert-OH is 1. The van der Waals surface area contributed by atoms with Crippen molar-refractivity contribution in [3.8, 4) is 0 Å². The molecule has 0 radical (unpaired) electrons. The second-order valence-electron chi connectivity index (χ2n) is 4.26. The van der Waals surface area contributed by atoms with Gasteiger partial charge in [-0.25, -0.2) is 0 Å². The topological polar surface area (TPSA) is 49.5 Å².